The molecule has 0 bridgehead atoms. The number of rotatable bonds is 4. The Labute approximate surface area is 155 Å². The molecule has 2 rings (SSSR count). The first-order valence-corrected chi connectivity index (χ1v) is 8.57. The topological polar surface area (TPSA) is 61.7 Å². The Kier molecular flexibility index (Phi) is 5.98. The van der Waals surface area contributed by atoms with Gasteiger partial charge in [-0.15, -0.1) is 0 Å². The van der Waals surface area contributed by atoms with Crippen LogP contribution in [-0.4, -0.2) is 23.8 Å². The van der Waals surface area contributed by atoms with Crippen molar-refractivity contribution in [3.63, 3.8) is 0 Å². The first kappa shape index (κ1) is 19.4. The standard InChI is InChI=1S/C22H26N2O2/c1-15(16-7-6-8-19(25)14-16)13-20(23-5)21(26)24-18-11-9-17(10-12-18)22(2,3)4/h6-14,25H,1-5H3,(H,24,26)/b15-13+,23-20?. The van der Waals surface area contributed by atoms with Gasteiger partial charge in [0, 0.05) is 12.7 Å². The fourth-order valence-electron chi connectivity index (χ4n) is 2.52. The zero-order chi connectivity index (χ0) is 19.3. The van der Waals surface area contributed by atoms with Gasteiger partial charge in [-0.25, -0.2) is 0 Å². The Morgan fingerprint density at radius 2 is 1.77 bits per heavy atom. The Bertz CT molecular complexity index is 841. The molecule has 0 radical (unpaired) electrons. The molecule has 0 fully saturated rings. The summed E-state index contributed by atoms with van der Waals surface area (Å²) in [6, 6.07) is 14.7. The number of phenolic OH excluding ortho intramolecular Hbond substituents is 1. The SMILES string of the molecule is CN=C(/C=C(\C)c1cccc(O)c1)C(=O)Nc1ccc(C(C)(C)C)cc1. The minimum absolute atomic E-state index is 0.0691. The lowest BCUT2D eigenvalue weighted by atomic mass is 9.87. The summed E-state index contributed by atoms with van der Waals surface area (Å²) in [7, 11) is 1.59. The van der Waals surface area contributed by atoms with Crippen LogP contribution in [-0.2, 0) is 10.2 Å². The number of anilines is 1. The molecule has 2 aromatic rings. The van der Waals surface area contributed by atoms with E-state index >= 15 is 0 Å². The van der Waals surface area contributed by atoms with Gasteiger partial charge in [0.05, 0.1) is 0 Å². The van der Waals surface area contributed by atoms with Crippen molar-refractivity contribution in [2.75, 3.05) is 12.4 Å². The molecular weight excluding hydrogens is 324 g/mol. The van der Waals surface area contributed by atoms with Crippen LogP contribution in [0.25, 0.3) is 5.57 Å². The van der Waals surface area contributed by atoms with Crippen LogP contribution >= 0.6 is 0 Å². The highest BCUT2D eigenvalue weighted by atomic mass is 16.3. The number of benzene rings is 2. The van der Waals surface area contributed by atoms with Gasteiger partial charge in [-0.3, -0.25) is 9.79 Å². The predicted molar refractivity (Wildman–Crippen MR) is 109 cm³/mol. The smallest absolute Gasteiger partial charge is 0.273 e. The molecule has 1 amide bonds. The molecule has 0 heterocycles. The van der Waals surface area contributed by atoms with Crippen LogP contribution in [0.3, 0.4) is 0 Å². The second-order valence-corrected chi connectivity index (χ2v) is 7.27. The molecule has 0 aromatic heterocycles. The van der Waals surface area contributed by atoms with Gasteiger partial charge in [-0.1, -0.05) is 45.0 Å². The summed E-state index contributed by atoms with van der Waals surface area (Å²) in [6.07, 6.45) is 1.72. The summed E-state index contributed by atoms with van der Waals surface area (Å²) in [6.45, 7) is 8.33. The van der Waals surface area contributed by atoms with Crippen LogP contribution in [0, 0.1) is 0 Å². The third-order valence-electron chi connectivity index (χ3n) is 4.14. The van der Waals surface area contributed by atoms with Gasteiger partial charge in [-0.05, 0) is 59.4 Å². The molecule has 26 heavy (non-hydrogen) atoms. The quantitative estimate of drug-likeness (QED) is 0.778. The summed E-state index contributed by atoms with van der Waals surface area (Å²) < 4.78 is 0. The predicted octanol–water partition coefficient (Wildman–Crippen LogP) is 4.80. The number of nitrogens with one attached hydrogen (secondary N) is 1. The van der Waals surface area contributed by atoms with E-state index in [9.17, 15) is 9.90 Å². The molecule has 0 saturated heterocycles. The van der Waals surface area contributed by atoms with Crippen LogP contribution in [0.2, 0.25) is 0 Å². The maximum absolute atomic E-state index is 12.5. The van der Waals surface area contributed by atoms with Crippen LogP contribution in [0.4, 0.5) is 5.69 Å². The van der Waals surface area contributed by atoms with E-state index in [0.717, 1.165) is 16.8 Å². The number of nitrogens with zero attached hydrogens (tertiary/aromatic N) is 1. The number of hydrogen-bond donors (Lipinski definition) is 2. The van der Waals surface area contributed by atoms with Gasteiger partial charge in [-0.2, -0.15) is 0 Å². The average Bonchev–Trinajstić information content (AvgIpc) is 2.59. The lowest BCUT2D eigenvalue weighted by Crippen LogP contribution is -2.21. The molecule has 2 aromatic carbocycles. The summed E-state index contributed by atoms with van der Waals surface area (Å²) in [5.74, 6) is -0.0795. The summed E-state index contributed by atoms with van der Waals surface area (Å²) in [5.41, 5.74) is 4.02. The molecule has 4 heteroatoms. The van der Waals surface area contributed by atoms with E-state index in [2.05, 4.69) is 31.1 Å². The van der Waals surface area contributed by atoms with Crippen molar-refractivity contribution in [2.45, 2.75) is 33.1 Å². The van der Waals surface area contributed by atoms with Crippen molar-refractivity contribution >= 4 is 22.9 Å². The van der Waals surface area contributed by atoms with Gasteiger partial charge in [0.2, 0.25) is 0 Å². The number of amides is 1. The van der Waals surface area contributed by atoms with E-state index in [4.69, 9.17) is 0 Å². The molecule has 2 N–H and O–H groups in total. The van der Waals surface area contributed by atoms with Crippen LogP contribution in [0.15, 0.2) is 59.6 Å². The second-order valence-electron chi connectivity index (χ2n) is 7.27. The maximum atomic E-state index is 12.5. The minimum Gasteiger partial charge on any atom is -0.508 e. The van der Waals surface area contributed by atoms with E-state index in [0.29, 0.717) is 5.71 Å². The van der Waals surface area contributed by atoms with Crippen molar-refractivity contribution < 1.29 is 9.90 Å². The Hall–Kier alpha value is -2.88. The highest BCUT2D eigenvalue weighted by molar-refractivity contribution is 6.48. The molecule has 0 aliphatic rings. The highest BCUT2D eigenvalue weighted by Gasteiger charge is 2.14. The van der Waals surface area contributed by atoms with Crippen LogP contribution in [0.5, 0.6) is 5.75 Å². The molecule has 4 nitrogen and oxygen atoms in total. The van der Waals surface area contributed by atoms with Gasteiger partial charge < -0.3 is 10.4 Å². The van der Waals surface area contributed by atoms with Crippen LogP contribution in [0.1, 0.15) is 38.8 Å². The molecule has 0 atom stereocenters. The zero-order valence-corrected chi connectivity index (χ0v) is 16.0. The fraction of sp³-hybridized carbons (Fsp3) is 0.273. The maximum Gasteiger partial charge on any atom is 0.273 e. The summed E-state index contributed by atoms with van der Waals surface area (Å²) in [5, 5.41) is 12.5. The first-order valence-electron chi connectivity index (χ1n) is 8.57. The van der Waals surface area contributed by atoms with E-state index < -0.39 is 0 Å². The molecule has 0 aliphatic heterocycles. The van der Waals surface area contributed by atoms with Crippen LogP contribution < -0.4 is 5.32 Å². The molecular formula is C22H26N2O2. The first-order chi connectivity index (χ1) is 12.2. The normalized spacial score (nSPS) is 12.8. The van der Waals surface area contributed by atoms with Crippen molar-refractivity contribution in [3.05, 3.63) is 65.7 Å². The molecule has 0 spiro atoms. The van der Waals surface area contributed by atoms with Gasteiger partial charge in [0.15, 0.2) is 0 Å². The summed E-state index contributed by atoms with van der Waals surface area (Å²) >= 11 is 0. The van der Waals surface area contributed by atoms with Crippen molar-refractivity contribution in [3.8, 4) is 5.75 Å². The Morgan fingerprint density at radius 1 is 1.12 bits per heavy atom. The van der Waals surface area contributed by atoms with Crippen molar-refractivity contribution in [1.29, 1.82) is 0 Å². The van der Waals surface area contributed by atoms with Crippen molar-refractivity contribution in [1.82, 2.24) is 0 Å². The number of carbonyl (C=O) groups excluding carboxylic acids is 1. The number of phenols is 1. The minimum atomic E-state index is -0.268. The number of hydrogen-bond acceptors (Lipinski definition) is 3. The number of carbonyl (C=O) groups is 1. The van der Waals surface area contributed by atoms with Gasteiger partial charge >= 0.3 is 0 Å². The highest BCUT2D eigenvalue weighted by Crippen LogP contribution is 2.23. The Morgan fingerprint density at radius 3 is 2.31 bits per heavy atom. The largest absolute Gasteiger partial charge is 0.508 e. The second kappa shape index (κ2) is 8.00. The number of aromatic hydroxyl groups is 1. The number of allylic oxidation sites excluding steroid dienone is 1. The van der Waals surface area contributed by atoms with Gasteiger partial charge in [0.1, 0.15) is 11.5 Å². The molecule has 0 aliphatic carbocycles. The van der Waals surface area contributed by atoms with Crippen molar-refractivity contribution in [2.24, 2.45) is 4.99 Å². The van der Waals surface area contributed by atoms with Gasteiger partial charge in [0.25, 0.3) is 5.91 Å². The van der Waals surface area contributed by atoms with E-state index in [-0.39, 0.29) is 17.1 Å². The fourth-order valence-corrected chi connectivity index (χ4v) is 2.52. The molecule has 136 valence electrons. The monoisotopic (exact) mass is 350 g/mol. The number of aliphatic imine (C=N–C) groups is 1. The lowest BCUT2D eigenvalue weighted by molar-refractivity contribution is -0.110. The Balaban J connectivity index is 2.15. The zero-order valence-electron chi connectivity index (χ0n) is 16.0. The average molecular weight is 350 g/mol. The third-order valence-corrected chi connectivity index (χ3v) is 4.14. The van der Waals surface area contributed by atoms with E-state index in [1.165, 1.54) is 5.56 Å². The summed E-state index contributed by atoms with van der Waals surface area (Å²) in [4.78, 5) is 16.6. The molecule has 0 unspecified atom stereocenters. The lowest BCUT2D eigenvalue weighted by Gasteiger charge is -2.19. The van der Waals surface area contributed by atoms with E-state index in [1.54, 1.807) is 31.3 Å². The molecule has 0 saturated carbocycles. The third kappa shape index (κ3) is 5.06. The van der Waals surface area contributed by atoms with E-state index in [1.807, 2.05) is 37.3 Å².